The van der Waals surface area contributed by atoms with E-state index in [0.717, 1.165) is 50.2 Å². The first-order chi connectivity index (χ1) is 12.3. The molecule has 1 aromatic carbocycles. The summed E-state index contributed by atoms with van der Waals surface area (Å²) in [6.07, 6.45) is 3.84. The van der Waals surface area contributed by atoms with Crippen molar-refractivity contribution in [2.24, 2.45) is 5.92 Å². The van der Waals surface area contributed by atoms with Gasteiger partial charge in [0.05, 0.1) is 5.69 Å². The van der Waals surface area contributed by atoms with Crippen LogP contribution >= 0.6 is 0 Å². The van der Waals surface area contributed by atoms with Crippen molar-refractivity contribution in [1.29, 1.82) is 0 Å². The zero-order chi connectivity index (χ0) is 18.7. The molecule has 0 radical (unpaired) electrons. The van der Waals surface area contributed by atoms with E-state index in [-0.39, 0.29) is 18.6 Å². The summed E-state index contributed by atoms with van der Waals surface area (Å²) >= 11 is 0. The number of anilines is 1. The minimum absolute atomic E-state index is 0.0859. The first-order valence-corrected chi connectivity index (χ1v) is 9.34. The normalized spacial score (nSPS) is 18.0. The highest BCUT2D eigenvalue weighted by atomic mass is 16.6. The van der Waals surface area contributed by atoms with Gasteiger partial charge in [0.15, 0.2) is 6.61 Å². The Hall–Kier alpha value is -2.24. The number of rotatable bonds is 3. The molecule has 2 aliphatic rings. The third kappa shape index (κ3) is 4.90. The van der Waals surface area contributed by atoms with Crippen molar-refractivity contribution in [2.45, 2.75) is 52.1 Å². The van der Waals surface area contributed by atoms with Gasteiger partial charge in [0.1, 0.15) is 11.4 Å². The number of carbonyl (C=O) groups excluding carboxylic acids is 2. The number of likely N-dealkylation sites (tertiary alicyclic amines) is 1. The van der Waals surface area contributed by atoms with Crippen molar-refractivity contribution in [2.75, 3.05) is 25.0 Å². The Bertz CT molecular complexity index is 673. The van der Waals surface area contributed by atoms with Gasteiger partial charge in [-0.25, -0.2) is 4.79 Å². The van der Waals surface area contributed by atoms with E-state index in [9.17, 15) is 9.59 Å². The maximum atomic E-state index is 12.1. The summed E-state index contributed by atoms with van der Waals surface area (Å²) in [5.74, 6) is 1.23. The number of hydrogen-bond donors (Lipinski definition) is 1. The fourth-order valence-corrected chi connectivity index (χ4v) is 3.39. The summed E-state index contributed by atoms with van der Waals surface area (Å²) in [4.78, 5) is 25.4. The van der Waals surface area contributed by atoms with E-state index < -0.39 is 5.60 Å². The van der Waals surface area contributed by atoms with Gasteiger partial charge in [-0.05, 0) is 70.1 Å². The van der Waals surface area contributed by atoms with Crippen LogP contribution in [-0.4, -0.2) is 42.2 Å². The molecule has 3 rings (SSSR count). The van der Waals surface area contributed by atoms with E-state index in [4.69, 9.17) is 9.47 Å². The number of aryl methyl sites for hydroxylation is 1. The highest BCUT2D eigenvalue weighted by Gasteiger charge is 2.26. The van der Waals surface area contributed by atoms with E-state index in [2.05, 4.69) is 11.4 Å². The van der Waals surface area contributed by atoms with Crippen molar-refractivity contribution < 1.29 is 19.1 Å². The molecule has 2 amide bonds. The molecule has 6 nitrogen and oxygen atoms in total. The van der Waals surface area contributed by atoms with Crippen LogP contribution in [0.2, 0.25) is 0 Å². The van der Waals surface area contributed by atoms with Gasteiger partial charge in [-0.1, -0.05) is 6.07 Å². The fraction of sp³-hybridized carbons (Fsp3) is 0.600. The van der Waals surface area contributed by atoms with Crippen LogP contribution in [0.25, 0.3) is 0 Å². The average molecular weight is 360 g/mol. The Morgan fingerprint density at radius 2 is 2.04 bits per heavy atom. The molecule has 0 bridgehead atoms. The largest absolute Gasteiger partial charge is 0.482 e. The summed E-state index contributed by atoms with van der Waals surface area (Å²) in [6, 6.07) is 5.99. The summed E-state index contributed by atoms with van der Waals surface area (Å²) < 4.78 is 10.8. The van der Waals surface area contributed by atoms with E-state index in [1.54, 1.807) is 0 Å². The molecule has 1 N–H and O–H groups in total. The Kier molecular flexibility index (Phi) is 5.39. The molecule has 0 saturated carbocycles. The third-order valence-electron chi connectivity index (χ3n) is 4.78. The van der Waals surface area contributed by atoms with Gasteiger partial charge in [0.2, 0.25) is 0 Å². The fourth-order valence-electron chi connectivity index (χ4n) is 3.39. The van der Waals surface area contributed by atoms with Gasteiger partial charge in [-0.2, -0.15) is 0 Å². The first-order valence-electron chi connectivity index (χ1n) is 9.34. The van der Waals surface area contributed by atoms with Crippen LogP contribution in [0, 0.1) is 5.92 Å². The Balaban J connectivity index is 1.46. The second kappa shape index (κ2) is 7.56. The van der Waals surface area contributed by atoms with Crippen molar-refractivity contribution in [3.05, 3.63) is 23.8 Å². The number of benzene rings is 1. The van der Waals surface area contributed by atoms with Crippen molar-refractivity contribution >= 4 is 17.7 Å². The number of fused-ring (bicyclic) bond motifs is 1. The standard InChI is InChI=1S/C20H28N2O4/c1-20(2,3)26-19(24)22-10-8-14(9-11-22)4-5-15-6-7-17-16(12-15)21-18(23)13-25-17/h6-7,12,14H,4-5,8-11,13H2,1-3H3,(H,21,23). The lowest BCUT2D eigenvalue weighted by Crippen LogP contribution is -2.41. The lowest BCUT2D eigenvalue weighted by atomic mass is 9.90. The molecule has 0 spiro atoms. The minimum Gasteiger partial charge on any atom is -0.482 e. The number of piperidine rings is 1. The van der Waals surface area contributed by atoms with Crippen LogP contribution < -0.4 is 10.1 Å². The Morgan fingerprint density at radius 3 is 2.73 bits per heavy atom. The Labute approximate surface area is 154 Å². The predicted octanol–water partition coefficient (Wildman–Crippen LogP) is 3.60. The summed E-state index contributed by atoms with van der Waals surface area (Å²) in [5, 5.41) is 2.85. The van der Waals surface area contributed by atoms with Gasteiger partial charge in [0, 0.05) is 13.1 Å². The zero-order valence-corrected chi connectivity index (χ0v) is 15.8. The monoisotopic (exact) mass is 360 g/mol. The number of ether oxygens (including phenoxy) is 2. The molecule has 1 saturated heterocycles. The maximum absolute atomic E-state index is 12.1. The van der Waals surface area contributed by atoms with Crippen molar-refractivity contribution in [3.8, 4) is 5.75 Å². The van der Waals surface area contributed by atoms with Crippen molar-refractivity contribution in [1.82, 2.24) is 4.90 Å². The molecular weight excluding hydrogens is 332 g/mol. The molecule has 0 atom stereocenters. The molecular formula is C20H28N2O4. The van der Waals surface area contributed by atoms with Crippen LogP contribution in [0.3, 0.4) is 0 Å². The Morgan fingerprint density at radius 1 is 1.31 bits per heavy atom. The number of carbonyl (C=O) groups is 2. The number of nitrogens with one attached hydrogen (secondary N) is 1. The van der Waals surface area contributed by atoms with Gasteiger partial charge < -0.3 is 19.7 Å². The molecule has 0 unspecified atom stereocenters. The molecule has 2 aliphatic heterocycles. The molecule has 0 aliphatic carbocycles. The SMILES string of the molecule is CC(C)(C)OC(=O)N1CCC(CCc2ccc3c(c2)NC(=O)CO3)CC1. The highest BCUT2D eigenvalue weighted by Crippen LogP contribution is 2.30. The molecule has 1 aromatic rings. The van der Waals surface area contributed by atoms with Crippen LogP contribution in [0.5, 0.6) is 5.75 Å². The van der Waals surface area contributed by atoms with Crippen LogP contribution in [0.1, 0.15) is 45.6 Å². The maximum Gasteiger partial charge on any atom is 0.410 e. The molecule has 0 aromatic heterocycles. The lowest BCUT2D eigenvalue weighted by Gasteiger charge is -2.33. The molecule has 6 heteroatoms. The average Bonchev–Trinajstić information content (AvgIpc) is 2.58. The van der Waals surface area contributed by atoms with Gasteiger partial charge in [-0.15, -0.1) is 0 Å². The lowest BCUT2D eigenvalue weighted by molar-refractivity contribution is -0.118. The molecule has 142 valence electrons. The molecule has 26 heavy (non-hydrogen) atoms. The molecule has 1 fully saturated rings. The summed E-state index contributed by atoms with van der Waals surface area (Å²) in [5.41, 5.74) is 1.52. The van der Waals surface area contributed by atoms with Gasteiger partial charge >= 0.3 is 6.09 Å². The summed E-state index contributed by atoms with van der Waals surface area (Å²) in [6.45, 7) is 7.28. The third-order valence-corrected chi connectivity index (χ3v) is 4.78. The predicted molar refractivity (Wildman–Crippen MR) is 99.4 cm³/mol. The molecule has 2 heterocycles. The van der Waals surface area contributed by atoms with E-state index >= 15 is 0 Å². The topological polar surface area (TPSA) is 67.9 Å². The van der Waals surface area contributed by atoms with E-state index in [0.29, 0.717) is 5.92 Å². The second-order valence-corrected chi connectivity index (χ2v) is 8.12. The van der Waals surface area contributed by atoms with Crippen LogP contribution in [-0.2, 0) is 16.0 Å². The quantitative estimate of drug-likeness (QED) is 0.894. The van der Waals surface area contributed by atoms with Crippen LogP contribution in [0.15, 0.2) is 18.2 Å². The zero-order valence-electron chi connectivity index (χ0n) is 15.8. The second-order valence-electron chi connectivity index (χ2n) is 8.12. The van der Waals surface area contributed by atoms with Crippen molar-refractivity contribution in [3.63, 3.8) is 0 Å². The van der Waals surface area contributed by atoms with E-state index in [1.165, 1.54) is 5.56 Å². The summed E-state index contributed by atoms with van der Waals surface area (Å²) in [7, 11) is 0. The number of nitrogens with zero attached hydrogens (tertiary/aromatic N) is 1. The van der Waals surface area contributed by atoms with Gasteiger partial charge in [0.25, 0.3) is 5.91 Å². The number of amides is 2. The van der Waals surface area contributed by atoms with Gasteiger partial charge in [-0.3, -0.25) is 4.79 Å². The highest BCUT2D eigenvalue weighted by molar-refractivity contribution is 5.95. The first kappa shape index (κ1) is 18.5. The number of hydrogen-bond acceptors (Lipinski definition) is 4. The minimum atomic E-state index is -0.445. The van der Waals surface area contributed by atoms with E-state index in [1.807, 2.05) is 37.8 Å². The van der Waals surface area contributed by atoms with Crippen LogP contribution in [0.4, 0.5) is 10.5 Å². The smallest absolute Gasteiger partial charge is 0.410 e.